The van der Waals surface area contributed by atoms with Gasteiger partial charge in [-0.15, -0.1) is 0 Å². The predicted octanol–water partition coefficient (Wildman–Crippen LogP) is 3.72. The molecule has 0 unspecified atom stereocenters. The van der Waals surface area contributed by atoms with E-state index >= 15 is 0 Å². The molecule has 1 aliphatic heterocycles. The Morgan fingerprint density at radius 2 is 1.59 bits per heavy atom. The lowest BCUT2D eigenvalue weighted by Gasteiger charge is -2.08. The number of hydrogen-bond donors (Lipinski definition) is 1. The van der Waals surface area contributed by atoms with Crippen molar-refractivity contribution < 1.29 is 39.8 Å². The van der Waals surface area contributed by atoms with E-state index < -0.39 is 33.2 Å². The highest BCUT2D eigenvalue weighted by atomic mass is 32.2. The highest BCUT2D eigenvalue weighted by Gasteiger charge is 2.49. The molecule has 2 aromatic heterocycles. The first-order valence-corrected chi connectivity index (χ1v) is 11.1. The summed E-state index contributed by atoms with van der Waals surface area (Å²) < 4.78 is 72.6. The van der Waals surface area contributed by atoms with Crippen LogP contribution in [-0.2, 0) is 26.8 Å². The third-order valence-corrected chi connectivity index (χ3v) is 6.38. The highest BCUT2D eigenvalue weighted by Crippen LogP contribution is 2.41. The molecule has 0 saturated heterocycles. The van der Waals surface area contributed by atoms with E-state index in [9.17, 15) is 31.2 Å². The molecule has 0 fully saturated rings. The van der Waals surface area contributed by atoms with Crippen molar-refractivity contribution in [3.63, 3.8) is 0 Å². The van der Waals surface area contributed by atoms with Gasteiger partial charge in [-0.1, -0.05) is 30.3 Å². The van der Waals surface area contributed by atoms with Gasteiger partial charge in [0.05, 0.1) is 16.5 Å². The fourth-order valence-corrected chi connectivity index (χ4v) is 4.43. The fraction of sp³-hybridized carbons (Fsp3) is 0.0909. The monoisotopic (exact) mass is 490 g/mol. The Morgan fingerprint density at radius 3 is 2.29 bits per heavy atom. The summed E-state index contributed by atoms with van der Waals surface area (Å²) in [7, 11) is -4.17. The second kappa shape index (κ2) is 7.22. The van der Waals surface area contributed by atoms with Crippen molar-refractivity contribution in [2.75, 3.05) is 0 Å². The van der Waals surface area contributed by atoms with Crippen LogP contribution >= 0.6 is 0 Å². The number of nitrogens with one attached hydrogen (secondary N) is 1. The summed E-state index contributed by atoms with van der Waals surface area (Å²) in [5.41, 5.74) is -4.41. The molecule has 1 N–H and O–H groups in total. The normalized spacial score (nSPS) is 14.9. The Balaban J connectivity index is 1.74. The second-order valence-electron chi connectivity index (χ2n) is 7.47. The van der Waals surface area contributed by atoms with Crippen LogP contribution in [0.1, 0.15) is 11.1 Å². The lowest BCUT2D eigenvalue weighted by molar-refractivity contribution is -0.122. The minimum Gasteiger partial charge on any atom is -0.460 e. The molecule has 5 rings (SSSR count). The Labute approximate surface area is 189 Å². The van der Waals surface area contributed by atoms with Gasteiger partial charge in [0, 0.05) is 35.3 Å². The summed E-state index contributed by atoms with van der Waals surface area (Å²) in [4.78, 5) is 25.6. The molecule has 3 heterocycles. The molecule has 0 bridgehead atoms. The van der Waals surface area contributed by atoms with Crippen LogP contribution in [0.5, 0.6) is 5.75 Å². The summed E-state index contributed by atoms with van der Waals surface area (Å²) in [5, 5.41) is 2.82. The van der Waals surface area contributed by atoms with E-state index in [1.165, 1.54) is 18.2 Å². The van der Waals surface area contributed by atoms with Gasteiger partial charge in [-0.25, -0.2) is 0 Å². The number of nitrogens with zero attached hydrogens (tertiary/aromatic N) is 1. The van der Waals surface area contributed by atoms with Crippen LogP contribution in [0.4, 0.5) is 13.2 Å². The summed E-state index contributed by atoms with van der Waals surface area (Å²) >= 11 is 0. The standard InChI is InChI=1S/C22H13F3N2O6S/c1-27-9-14(11-5-2-3-8-15(11)27)18-17(20(28)26-21(18)29)13-7-4-6-12-16(10-32-19(12)13)33-34(30,31)22(23,24)25/h2-10H,1H3,(H,26,28,29). The number of imide groups is 1. The number of aryl methyl sites for hydroxylation is 1. The number of aromatic nitrogens is 1. The van der Waals surface area contributed by atoms with E-state index in [0.29, 0.717) is 17.2 Å². The smallest absolute Gasteiger partial charge is 0.460 e. The quantitative estimate of drug-likeness (QED) is 0.266. The molecule has 2 aromatic carbocycles. The Kier molecular flexibility index (Phi) is 4.62. The van der Waals surface area contributed by atoms with Gasteiger partial charge >= 0.3 is 15.6 Å². The molecular weight excluding hydrogens is 477 g/mol. The third-order valence-electron chi connectivity index (χ3n) is 5.41. The van der Waals surface area contributed by atoms with E-state index in [4.69, 9.17) is 4.42 Å². The van der Waals surface area contributed by atoms with Crippen LogP contribution in [0, 0.1) is 0 Å². The highest BCUT2D eigenvalue weighted by molar-refractivity contribution is 7.88. The average molecular weight is 490 g/mol. The van der Waals surface area contributed by atoms with Crippen LogP contribution in [0.15, 0.2) is 59.3 Å². The molecule has 4 aromatic rings. The van der Waals surface area contributed by atoms with E-state index in [0.717, 1.165) is 5.52 Å². The summed E-state index contributed by atoms with van der Waals surface area (Å²) in [5.74, 6) is -2.09. The Bertz CT molecular complexity index is 1660. The SMILES string of the molecule is Cn1cc(C2=C(c3cccc4c(OS(=O)(=O)C(F)(F)F)coc34)C(=O)NC2=O)c2ccccc21. The molecule has 174 valence electrons. The molecule has 0 atom stereocenters. The molecule has 0 radical (unpaired) electrons. The van der Waals surface area contributed by atoms with Gasteiger partial charge in [-0.05, 0) is 12.1 Å². The minimum atomic E-state index is -5.95. The molecule has 0 aliphatic carbocycles. The van der Waals surface area contributed by atoms with Gasteiger partial charge in [0.1, 0.15) is 11.8 Å². The van der Waals surface area contributed by atoms with E-state index in [1.54, 1.807) is 29.9 Å². The maximum atomic E-state index is 12.8. The number of furan rings is 1. The first-order valence-electron chi connectivity index (χ1n) is 9.65. The topological polar surface area (TPSA) is 108 Å². The lowest BCUT2D eigenvalue weighted by Crippen LogP contribution is -2.27. The summed E-state index contributed by atoms with van der Waals surface area (Å²) in [6.45, 7) is 0. The second-order valence-corrected chi connectivity index (χ2v) is 9.01. The third kappa shape index (κ3) is 3.17. The van der Waals surface area contributed by atoms with Gasteiger partial charge in [-0.3, -0.25) is 14.9 Å². The number of carbonyl (C=O) groups excluding carboxylic acids is 2. The Morgan fingerprint density at radius 1 is 0.941 bits per heavy atom. The molecule has 34 heavy (non-hydrogen) atoms. The van der Waals surface area contributed by atoms with Crippen molar-refractivity contribution in [3.05, 3.63) is 66.1 Å². The number of carbonyl (C=O) groups is 2. The zero-order valence-electron chi connectivity index (χ0n) is 17.1. The predicted molar refractivity (Wildman–Crippen MR) is 115 cm³/mol. The number of hydrogen-bond acceptors (Lipinski definition) is 6. The van der Waals surface area contributed by atoms with Crippen LogP contribution in [0.25, 0.3) is 33.0 Å². The van der Waals surface area contributed by atoms with Crippen molar-refractivity contribution in [2.24, 2.45) is 7.05 Å². The zero-order valence-corrected chi connectivity index (χ0v) is 18.0. The maximum Gasteiger partial charge on any atom is 0.534 e. The Hall–Kier alpha value is -4.06. The summed E-state index contributed by atoms with van der Waals surface area (Å²) in [6.07, 6.45) is 2.38. The molecule has 2 amide bonds. The van der Waals surface area contributed by atoms with Crippen molar-refractivity contribution in [1.82, 2.24) is 9.88 Å². The largest absolute Gasteiger partial charge is 0.534 e. The van der Waals surface area contributed by atoms with Gasteiger partial charge in [0.25, 0.3) is 11.8 Å². The number of halogens is 3. The number of benzene rings is 2. The average Bonchev–Trinajstić information content (AvgIpc) is 3.41. The van der Waals surface area contributed by atoms with Gasteiger partial charge in [0.2, 0.25) is 0 Å². The number of alkyl halides is 3. The van der Waals surface area contributed by atoms with Gasteiger partial charge in [0.15, 0.2) is 5.75 Å². The van der Waals surface area contributed by atoms with Crippen LogP contribution in [0.2, 0.25) is 0 Å². The van der Waals surface area contributed by atoms with Crippen LogP contribution in [0.3, 0.4) is 0 Å². The summed E-state index contributed by atoms with van der Waals surface area (Å²) in [6, 6.07) is 11.3. The van der Waals surface area contributed by atoms with Crippen molar-refractivity contribution >= 4 is 55.0 Å². The number of rotatable bonds is 4. The number of fused-ring (bicyclic) bond motifs is 2. The first-order chi connectivity index (χ1) is 16.0. The van der Waals surface area contributed by atoms with Crippen molar-refractivity contribution in [1.29, 1.82) is 0 Å². The van der Waals surface area contributed by atoms with Crippen LogP contribution < -0.4 is 9.50 Å². The minimum absolute atomic E-state index is 0.0519. The van der Waals surface area contributed by atoms with Gasteiger partial charge in [-0.2, -0.15) is 21.6 Å². The zero-order chi connectivity index (χ0) is 24.4. The fourth-order valence-electron chi connectivity index (χ4n) is 3.97. The lowest BCUT2D eigenvalue weighted by atomic mass is 9.95. The molecule has 12 heteroatoms. The van der Waals surface area contributed by atoms with E-state index in [2.05, 4.69) is 9.50 Å². The van der Waals surface area contributed by atoms with Crippen LogP contribution in [-0.4, -0.2) is 30.3 Å². The number of amides is 2. The maximum absolute atomic E-state index is 12.8. The van der Waals surface area contributed by atoms with Crippen molar-refractivity contribution in [2.45, 2.75) is 5.51 Å². The molecule has 8 nitrogen and oxygen atoms in total. The molecular formula is C22H13F3N2O6S. The first kappa shape index (κ1) is 21.8. The van der Waals surface area contributed by atoms with Gasteiger partial charge < -0.3 is 13.2 Å². The molecule has 0 saturated carbocycles. The van der Waals surface area contributed by atoms with E-state index in [1.807, 2.05) is 12.1 Å². The molecule has 1 aliphatic rings. The number of para-hydroxylation sites is 2. The van der Waals surface area contributed by atoms with Crippen molar-refractivity contribution in [3.8, 4) is 5.75 Å². The van der Waals surface area contributed by atoms with E-state index in [-0.39, 0.29) is 27.7 Å². The molecule has 0 spiro atoms.